The zero-order valence-electron chi connectivity index (χ0n) is 13.6. The first-order valence-corrected chi connectivity index (χ1v) is 7.85. The van der Waals surface area contributed by atoms with E-state index in [-0.39, 0.29) is 6.10 Å². The predicted octanol–water partition coefficient (Wildman–Crippen LogP) is 3.69. The summed E-state index contributed by atoms with van der Waals surface area (Å²) in [6.07, 6.45) is 1.32. The summed E-state index contributed by atoms with van der Waals surface area (Å²) in [5.41, 5.74) is 1.23. The van der Waals surface area contributed by atoms with Crippen molar-refractivity contribution in [1.29, 1.82) is 0 Å². The summed E-state index contributed by atoms with van der Waals surface area (Å²) in [5, 5.41) is 3.48. The van der Waals surface area contributed by atoms with Crippen molar-refractivity contribution in [2.45, 2.75) is 53.2 Å². The average molecular weight is 278 g/mol. The van der Waals surface area contributed by atoms with Gasteiger partial charge in [0.1, 0.15) is 11.9 Å². The number of ether oxygens (including phenoxy) is 1. The summed E-state index contributed by atoms with van der Waals surface area (Å²) in [6.45, 7) is 13.8. The molecular formula is C17H30N2O. The second-order valence-electron chi connectivity index (χ2n) is 5.32. The van der Waals surface area contributed by atoms with E-state index in [9.17, 15) is 0 Å². The maximum atomic E-state index is 6.00. The molecule has 114 valence electrons. The zero-order valence-corrected chi connectivity index (χ0v) is 13.6. The number of rotatable bonds is 9. The van der Waals surface area contributed by atoms with Crippen molar-refractivity contribution in [2.24, 2.45) is 0 Å². The third kappa shape index (κ3) is 5.41. The average Bonchev–Trinajstić information content (AvgIpc) is 2.46. The zero-order chi connectivity index (χ0) is 15.0. The molecule has 3 heteroatoms. The van der Waals surface area contributed by atoms with E-state index < -0.39 is 0 Å². The molecule has 0 radical (unpaired) electrons. The molecule has 0 aliphatic carbocycles. The van der Waals surface area contributed by atoms with Gasteiger partial charge in [-0.3, -0.25) is 0 Å². The molecule has 20 heavy (non-hydrogen) atoms. The van der Waals surface area contributed by atoms with Gasteiger partial charge in [-0.05, 0) is 46.2 Å². The number of nitrogens with one attached hydrogen (secondary N) is 1. The van der Waals surface area contributed by atoms with E-state index in [0.717, 1.165) is 31.8 Å². The maximum absolute atomic E-state index is 6.00. The Balaban J connectivity index is 2.57. The van der Waals surface area contributed by atoms with Crippen molar-refractivity contribution in [3.05, 3.63) is 24.3 Å². The van der Waals surface area contributed by atoms with Crippen molar-refractivity contribution in [1.82, 2.24) is 5.32 Å². The highest BCUT2D eigenvalue weighted by Crippen LogP contribution is 2.21. The minimum Gasteiger partial charge on any atom is -0.489 e. The first-order valence-electron chi connectivity index (χ1n) is 7.85. The van der Waals surface area contributed by atoms with E-state index in [2.05, 4.69) is 63.0 Å². The van der Waals surface area contributed by atoms with Crippen molar-refractivity contribution < 1.29 is 4.74 Å². The Bertz CT molecular complexity index is 377. The molecule has 1 N–H and O–H groups in total. The summed E-state index contributed by atoms with van der Waals surface area (Å²) in [7, 11) is 0. The van der Waals surface area contributed by atoms with Gasteiger partial charge < -0.3 is 15.0 Å². The monoisotopic (exact) mass is 278 g/mol. The van der Waals surface area contributed by atoms with Crippen LogP contribution < -0.4 is 15.0 Å². The van der Waals surface area contributed by atoms with E-state index in [0.29, 0.717) is 6.04 Å². The molecule has 0 spiro atoms. The van der Waals surface area contributed by atoms with Gasteiger partial charge in [-0.2, -0.15) is 0 Å². The van der Waals surface area contributed by atoms with Gasteiger partial charge >= 0.3 is 0 Å². The fourth-order valence-corrected chi connectivity index (χ4v) is 2.13. The van der Waals surface area contributed by atoms with Crippen LogP contribution in [0.1, 0.15) is 41.0 Å². The highest BCUT2D eigenvalue weighted by atomic mass is 16.5. The molecular weight excluding hydrogens is 248 g/mol. The second kappa shape index (κ2) is 8.85. The lowest BCUT2D eigenvalue weighted by Gasteiger charge is -2.23. The smallest absolute Gasteiger partial charge is 0.121 e. The number of anilines is 1. The molecule has 3 nitrogen and oxygen atoms in total. The van der Waals surface area contributed by atoms with Crippen LogP contribution in [0, 0.1) is 0 Å². The van der Waals surface area contributed by atoms with Crippen LogP contribution in [0.5, 0.6) is 5.75 Å². The molecule has 0 saturated carbocycles. The minimum absolute atomic E-state index is 0.177. The van der Waals surface area contributed by atoms with Crippen LogP contribution >= 0.6 is 0 Å². The standard InChI is InChI=1S/C17H30N2O/c1-6-14(4)18-13-15(5)20-17-11-9-10-16(12-17)19(7-2)8-3/h9-12,14-15,18H,6-8,13H2,1-5H3. The van der Waals surface area contributed by atoms with Crippen LogP contribution in [0.15, 0.2) is 24.3 Å². The summed E-state index contributed by atoms with van der Waals surface area (Å²) in [5.74, 6) is 0.952. The van der Waals surface area contributed by atoms with Crippen LogP contribution in [-0.4, -0.2) is 31.8 Å². The molecule has 0 saturated heterocycles. The second-order valence-corrected chi connectivity index (χ2v) is 5.32. The molecule has 0 aliphatic heterocycles. The molecule has 1 aromatic rings. The lowest BCUT2D eigenvalue weighted by atomic mass is 10.2. The van der Waals surface area contributed by atoms with Crippen LogP contribution in [0.3, 0.4) is 0 Å². The van der Waals surface area contributed by atoms with Crippen molar-refractivity contribution in [3.63, 3.8) is 0 Å². The Morgan fingerprint density at radius 1 is 1.15 bits per heavy atom. The van der Waals surface area contributed by atoms with Crippen LogP contribution in [0.4, 0.5) is 5.69 Å². The van der Waals surface area contributed by atoms with E-state index in [1.165, 1.54) is 5.69 Å². The Morgan fingerprint density at radius 3 is 2.45 bits per heavy atom. The van der Waals surface area contributed by atoms with Gasteiger partial charge in [0.15, 0.2) is 0 Å². The third-order valence-electron chi connectivity index (χ3n) is 3.65. The SMILES string of the molecule is CCC(C)NCC(C)Oc1cccc(N(CC)CC)c1. The fourth-order valence-electron chi connectivity index (χ4n) is 2.13. The molecule has 1 aromatic carbocycles. The van der Waals surface area contributed by atoms with Gasteiger partial charge in [-0.1, -0.05) is 13.0 Å². The topological polar surface area (TPSA) is 24.5 Å². The highest BCUT2D eigenvalue weighted by Gasteiger charge is 2.08. The maximum Gasteiger partial charge on any atom is 0.121 e. The van der Waals surface area contributed by atoms with Crippen molar-refractivity contribution in [2.75, 3.05) is 24.5 Å². The van der Waals surface area contributed by atoms with E-state index in [1.54, 1.807) is 0 Å². The molecule has 0 aromatic heterocycles. The van der Waals surface area contributed by atoms with Crippen LogP contribution in [-0.2, 0) is 0 Å². The van der Waals surface area contributed by atoms with Gasteiger partial charge in [0.25, 0.3) is 0 Å². The first kappa shape index (κ1) is 16.8. The highest BCUT2D eigenvalue weighted by molar-refractivity contribution is 5.50. The number of benzene rings is 1. The van der Waals surface area contributed by atoms with Crippen LogP contribution in [0.2, 0.25) is 0 Å². The lowest BCUT2D eigenvalue weighted by molar-refractivity contribution is 0.212. The van der Waals surface area contributed by atoms with Crippen molar-refractivity contribution in [3.8, 4) is 5.75 Å². The van der Waals surface area contributed by atoms with E-state index in [4.69, 9.17) is 4.74 Å². The van der Waals surface area contributed by atoms with Crippen LogP contribution in [0.25, 0.3) is 0 Å². The molecule has 0 amide bonds. The first-order chi connectivity index (χ1) is 9.60. The van der Waals surface area contributed by atoms with Gasteiger partial charge in [0.2, 0.25) is 0 Å². The van der Waals surface area contributed by atoms with Gasteiger partial charge in [0, 0.05) is 37.4 Å². The fraction of sp³-hybridized carbons (Fsp3) is 0.647. The third-order valence-corrected chi connectivity index (χ3v) is 3.65. The summed E-state index contributed by atoms with van der Waals surface area (Å²) in [4.78, 5) is 2.33. The Kier molecular flexibility index (Phi) is 7.45. The quantitative estimate of drug-likeness (QED) is 0.745. The van der Waals surface area contributed by atoms with E-state index >= 15 is 0 Å². The number of nitrogens with zero attached hydrogens (tertiary/aromatic N) is 1. The Morgan fingerprint density at radius 2 is 1.85 bits per heavy atom. The van der Waals surface area contributed by atoms with Gasteiger partial charge in [-0.15, -0.1) is 0 Å². The summed E-state index contributed by atoms with van der Waals surface area (Å²) >= 11 is 0. The predicted molar refractivity (Wildman–Crippen MR) is 87.8 cm³/mol. The lowest BCUT2D eigenvalue weighted by Crippen LogP contribution is -2.34. The van der Waals surface area contributed by atoms with Crippen molar-refractivity contribution >= 4 is 5.69 Å². The largest absolute Gasteiger partial charge is 0.489 e. The molecule has 2 unspecified atom stereocenters. The van der Waals surface area contributed by atoms with Gasteiger partial charge in [-0.25, -0.2) is 0 Å². The minimum atomic E-state index is 0.177. The number of hydrogen-bond acceptors (Lipinski definition) is 3. The molecule has 0 fully saturated rings. The summed E-state index contributed by atoms with van der Waals surface area (Å²) in [6, 6.07) is 8.92. The Hall–Kier alpha value is -1.22. The molecule has 0 bridgehead atoms. The molecule has 2 atom stereocenters. The summed E-state index contributed by atoms with van der Waals surface area (Å²) < 4.78 is 6.00. The van der Waals surface area contributed by atoms with Gasteiger partial charge in [0.05, 0.1) is 0 Å². The normalized spacial score (nSPS) is 13.8. The molecule has 0 aliphatic rings. The molecule has 0 heterocycles. The van der Waals surface area contributed by atoms with E-state index in [1.807, 2.05) is 6.07 Å². The number of hydrogen-bond donors (Lipinski definition) is 1. The molecule has 1 rings (SSSR count). The Labute approximate surface area is 124 Å².